The lowest BCUT2D eigenvalue weighted by Crippen LogP contribution is -2.61. The van der Waals surface area contributed by atoms with Crippen molar-refractivity contribution in [3.8, 4) is 0 Å². The van der Waals surface area contributed by atoms with E-state index in [1.54, 1.807) is 27.7 Å². The monoisotopic (exact) mass is 1490 g/mol. The molecule has 15 amide bonds. The molecule has 1 aromatic rings. The lowest BCUT2D eigenvalue weighted by atomic mass is 9.97. The van der Waals surface area contributed by atoms with E-state index in [1.807, 2.05) is 6.26 Å². The highest BCUT2D eigenvalue weighted by molar-refractivity contribution is 8.77. The van der Waals surface area contributed by atoms with Crippen LogP contribution in [-0.4, -0.2) is 271 Å². The summed E-state index contributed by atoms with van der Waals surface area (Å²) in [6.07, 6.45) is 5.81. The first-order valence-corrected chi connectivity index (χ1v) is 38.8. The van der Waals surface area contributed by atoms with Gasteiger partial charge in [-0.2, -0.15) is 11.8 Å². The molecule has 552 valence electrons. The van der Waals surface area contributed by atoms with E-state index in [4.69, 9.17) is 11.5 Å². The fraction of sp³-hybridized carbons (Fsp3) is 0.695. The Morgan fingerprint density at radius 3 is 1.65 bits per heavy atom. The van der Waals surface area contributed by atoms with Gasteiger partial charge in [0.05, 0.1) is 26.1 Å². The molecule has 0 saturated carbocycles. The van der Waals surface area contributed by atoms with Gasteiger partial charge in [0.2, 0.25) is 88.6 Å². The number of nitrogens with zero attached hydrogens (tertiary/aromatic N) is 3. The van der Waals surface area contributed by atoms with Gasteiger partial charge in [-0.3, -0.25) is 71.9 Å². The Morgan fingerprint density at radius 1 is 0.606 bits per heavy atom. The maximum atomic E-state index is 14.7. The number of aliphatic hydroxyl groups is 2. The summed E-state index contributed by atoms with van der Waals surface area (Å²) in [6.45, 7) is 6.58. The minimum Gasteiger partial charge on any atom is -0.394 e. The second-order valence-electron chi connectivity index (χ2n) is 24.5. The number of aliphatic hydroxyl groups excluding tert-OH is 2. The molecule has 5 heterocycles. The number of carbonyl (C=O) groups excluding carboxylic acids is 15. The smallest absolute Gasteiger partial charge is 0.248 e. The predicted octanol–water partition coefficient (Wildman–Crippen LogP) is -6.14. The number of aromatic amines is 1. The second kappa shape index (κ2) is 41.0. The van der Waals surface area contributed by atoms with Gasteiger partial charge in [0.25, 0.3) is 0 Å². The molecule has 0 unspecified atom stereocenters. The molecule has 2 bridgehead atoms. The van der Waals surface area contributed by atoms with Gasteiger partial charge in [0, 0.05) is 54.4 Å². The first kappa shape index (κ1) is 82.6. The molecular weight excluding hydrogens is 1390 g/mol. The molecule has 35 nitrogen and oxygen atoms in total. The fourth-order valence-electron chi connectivity index (χ4n) is 10.8. The van der Waals surface area contributed by atoms with E-state index in [1.165, 1.54) is 43.0 Å². The summed E-state index contributed by atoms with van der Waals surface area (Å²) in [6, 6.07) is -20.4. The molecule has 4 aliphatic rings. The van der Waals surface area contributed by atoms with Gasteiger partial charge < -0.3 is 100 Å². The van der Waals surface area contributed by atoms with Crippen molar-refractivity contribution >= 4 is 144 Å². The summed E-state index contributed by atoms with van der Waals surface area (Å²) in [7, 11) is 3.55. The van der Waals surface area contributed by atoms with Crippen molar-refractivity contribution in [1.82, 2.24) is 83.6 Å². The number of primary amides is 1. The lowest BCUT2D eigenvalue weighted by Gasteiger charge is -2.31. The van der Waals surface area contributed by atoms with Gasteiger partial charge in [-0.15, -0.1) is 0 Å². The van der Waals surface area contributed by atoms with Crippen LogP contribution in [0.15, 0.2) is 12.5 Å². The van der Waals surface area contributed by atoms with Crippen LogP contribution >= 0.6 is 54.9 Å². The Labute approximate surface area is 592 Å². The summed E-state index contributed by atoms with van der Waals surface area (Å²) in [5.74, 6) is -15.7. The molecule has 1 aromatic heterocycles. The summed E-state index contributed by atoms with van der Waals surface area (Å²) in [4.78, 5) is 221. The number of rotatable bonds is 14. The highest BCUT2D eigenvalue weighted by Gasteiger charge is 2.44. The van der Waals surface area contributed by atoms with E-state index < -0.39 is 211 Å². The van der Waals surface area contributed by atoms with Crippen molar-refractivity contribution in [3.63, 3.8) is 0 Å². The number of aromatic nitrogens is 2. The average molecular weight is 1490 g/mol. The summed E-state index contributed by atoms with van der Waals surface area (Å²) < 4.78 is 0. The highest BCUT2D eigenvalue weighted by Crippen LogP contribution is 2.27. The van der Waals surface area contributed by atoms with Gasteiger partial charge >= 0.3 is 0 Å². The predicted molar refractivity (Wildman–Crippen MR) is 370 cm³/mol. The number of imidazole rings is 1. The van der Waals surface area contributed by atoms with E-state index >= 15 is 0 Å². The standard InChI is InChI=1S/C59H94N18O17S5/c1-8-29(4)45-57(92)71-37(46(61)81)23-96-98-26-40-53(88)69-35(21-78)50(85)68-34(18-32-20-62-27-63-32)58(93)76-15-9-13-41(76)54(89)74-44(28(2)3)56(91)73-39(25-99-97-24-38(52(87)72-40)66-43(80)19-60)51(86)65-30(5)47(82)64-31(6)48(83)67-33(12-11-17-95-7)49(84)70-36(22-79)59(94)77-16-10-14-42(77)55(90)75-45/h20,27-31,33-42,44-45,78-79H,8-19,21-26,60H2,1-7H3,(H2,61,81)(H,62,63)(H,64,82)(H,65,86)(H,66,80)(H,67,83)(H,68,85)(H,69,88)(H,70,84)(H,71,92)(H,72,87)(H,73,91)(H,74,89)(H,75,90)/t29-,30-,31-,33-,34-,35-,36-,37-,38-,39-,40-,41-,42-,44-,45-/m0/s1. The van der Waals surface area contributed by atoms with Gasteiger partial charge in [-0.25, -0.2) is 4.98 Å². The van der Waals surface area contributed by atoms with Crippen LogP contribution in [0.3, 0.4) is 0 Å². The van der Waals surface area contributed by atoms with Crippen molar-refractivity contribution < 1.29 is 82.1 Å². The molecule has 4 saturated heterocycles. The number of nitrogens with two attached hydrogens (primary N) is 2. The third kappa shape index (κ3) is 24.6. The van der Waals surface area contributed by atoms with Gasteiger partial charge in [0.15, 0.2) is 0 Å². The van der Waals surface area contributed by atoms with E-state index in [0.717, 1.165) is 48.1 Å². The third-order valence-corrected chi connectivity index (χ3v) is 22.3. The van der Waals surface area contributed by atoms with Crippen LogP contribution in [0.5, 0.6) is 0 Å². The quantitative estimate of drug-likeness (QED) is 0.0609. The van der Waals surface area contributed by atoms with Crippen LogP contribution in [0.4, 0.5) is 0 Å². The van der Waals surface area contributed by atoms with Crippen molar-refractivity contribution in [2.75, 3.05) is 67.9 Å². The number of thioether (sulfide) groups is 1. The maximum absolute atomic E-state index is 14.7. The van der Waals surface area contributed by atoms with Crippen LogP contribution in [0, 0.1) is 11.8 Å². The van der Waals surface area contributed by atoms with Crippen molar-refractivity contribution in [2.24, 2.45) is 23.3 Å². The molecule has 5 rings (SSSR count). The molecule has 0 aromatic carbocycles. The molecule has 15 atom stereocenters. The summed E-state index contributed by atoms with van der Waals surface area (Å²) in [5.41, 5.74) is 11.8. The van der Waals surface area contributed by atoms with Crippen LogP contribution in [-0.2, 0) is 78.3 Å². The van der Waals surface area contributed by atoms with Crippen molar-refractivity contribution in [3.05, 3.63) is 18.2 Å². The van der Waals surface area contributed by atoms with Crippen LogP contribution in [0.1, 0.15) is 92.2 Å². The van der Waals surface area contributed by atoms with E-state index in [-0.39, 0.29) is 56.0 Å². The summed E-state index contributed by atoms with van der Waals surface area (Å²) in [5, 5.41) is 52.1. The van der Waals surface area contributed by atoms with Crippen LogP contribution < -0.4 is 75.3 Å². The SMILES string of the molecule is CC[C@H](C)[C@@H]1NC(=O)[C@@H]2CCCN2C(=O)[C@H](CO)NC(=O)[C@H](CCCSC)NC(=O)[C@H](C)NC(=O)[C@H](C)NC(=O)[C@@H]2CSSC[C@H](NC(=O)CN)C(=O)N[C@@H](CSSC[C@@H](C(N)=O)NC1=O)C(=O)N[C@@H](CO)C(=O)N[C@@H](Cc1cnc[nH]1)C(=O)N1CCC[C@H]1C(=O)N[C@@H](C(C)C)C(=O)N2. The Kier molecular flexibility index (Phi) is 34.2. The number of nitrogens with one attached hydrogen (secondary N) is 13. The minimum atomic E-state index is -1.82. The average Bonchev–Trinajstić information content (AvgIpc) is 1.77. The Bertz CT molecular complexity index is 3030. The first-order valence-electron chi connectivity index (χ1n) is 32.5. The topological polar surface area (TPSA) is 528 Å². The van der Waals surface area contributed by atoms with Crippen molar-refractivity contribution in [1.29, 1.82) is 0 Å². The molecule has 0 aliphatic carbocycles. The Hall–Kier alpha value is -7.11. The maximum Gasteiger partial charge on any atom is 0.248 e. The van der Waals surface area contributed by atoms with E-state index in [2.05, 4.69) is 73.8 Å². The zero-order valence-electron chi connectivity index (χ0n) is 56.2. The third-order valence-electron chi connectivity index (χ3n) is 16.8. The minimum absolute atomic E-state index is 0.00182. The zero-order valence-corrected chi connectivity index (χ0v) is 60.3. The number of fused-ring (bicyclic) bond motifs is 10. The van der Waals surface area contributed by atoms with Gasteiger partial charge in [0.1, 0.15) is 84.6 Å². The molecular formula is C59H94N18O17S5. The molecule has 4 aliphatic heterocycles. The molecule has 4 fully saturated rings. The largest absolute Gasteiger partial charge is 0.394 e. The number of carbonyl (C=O) groups is 15. The summed E-state index contributed by atoms with van der Waals surface area (Å²) >= 11 is 1.45. The molecule has 40 heteroatoms. The number of H-pyrrole nitrogens is 1. The number of hydrogen-bond donors (Lipinski definition) is 17. The van der Waals surface area contributed by atoms with Crippen LogP contribution in [0.2, 0.25) is 0 Å². The highest BCUT2D eigenvalue weighted by atomic mass is 33.1. The molecule has 99 heavy (non-hydrogen) atoms. The van der Waals surface area contributed by atoms with Crippen LogP contribution in [0.25, 0.3) is 0 Å². The van der Waals surface area contributed by atoms with E-state index in [0.29, 0.717) is 37.1 Å². The Balaban J connectivity index is 1.61. The van der Waals surface area contributed by atoms with Gasteiger partial charge in [-0.1, -0.05) is 77.3 Å². The molecule has 19 N–H and O–H groups in total. The molecule has 0 spiro atoms. The lowest BCUT2D eigenvalue weighted by molar-refractivity contribution is -0.143. The van der Waals surface area contributed by atoms with Gasteiger partial charge in [-0.05, 0) is 76.2 Å². The number of amides is 15. The molecule has 0 radical (unpaired) electrons. The normalized spacial score (nSPS) is 29.4. The van der Waals surface area contributed by atoms with Crippen molar-refractivity contribution in [2.45, 2.75) is 177 Å². The second-order valence-corrected chi connectivity index (χ2v) is 30.6. The zero-order chi connectivity index (χ0) is 73.2. The first-order chi connectivity index (χ1) is 47.1. The number of hydrogen-bond acceptors (Lipinski definition) is 24. The fourth-order valence-corrected chi connectivity index (χ4v) is 15.9. The van der Waals surface area contributed by atoms with E-state index in [9.17, 15) is 82.1 Å². The Morgan fingerprint density at radius 2 is 1.10 bits per heavy atom.